The lowest BCUT2D eigenvalue weighted by molar-refractivity contribution is 0.210. The Morgan fingerprint density at radius 2 is 2.15 bits per heavy atom. The summed E-state index contributed by atoms with van der Waals surface area (Å²) in [6.07, 6.45) is 0. The van der Waals surface area contributed by atoms with E-state index in [1.165, 1.54) is 0 Å². The highest BCUT2D eigenvalue weighted by Gasteiger charge is 2.22. The molecule has 3 nitrogen and oxygen atoms in total. The molecule has 0 spiro atoms. The fraction of sp³-hybridized carbons (Fsp3) is 0.333. The van der Waals surface area contributed by atoms with Gasteiger partial charge in [0.2, 0.25) is 0 Å². The molecule has 1 rings (SSSR count). The molecule has 0 aliphatic rings. The molecule has 0 aromatic heterocycles. The Morgan fingerprint density at radius 1 is 1.54 bits per heavy atom. The highest BCUT2D eigenvalue weighted by atomic mass is 35.5. The van der Waals surface area contributed by atoms with Crippen molar-refractivity contribution in [2.45, 2.75) is 12.5 Å². The zero-order valence-electron chi connectivity index (χ0n) is 7.42. The average Bonchev–Trinajstić information content (AvgIpc) is 2.09. The smallest absolute Gasteiger partial charge is 0.0651 e. The summed E-state index contributed by atoms with van der Waals surface area (Å²) in [7, 11) is 0. The molecule has 72 valence electrons. The maximum Gasteiger partial charge on any atom is 0.0651 e. The van der Waals surface area contributed by atoms with Gasteiger partial charge in [-0.1, -0.05) is 11.6 Å². The summed E-state index contributed by atoms with van der Waals surface area (Å²) in [4.78, 5) is 0. The second-order valence-electron chi connectivity index (χ2n) is 3.31. The lowest BCUT2D eigenvalue weighted by atomic mass is 9.93. The number of hydrogen-bond acceptors (Lipinski definition) is 3. The van der Waals surface area contributed by atoms with Crippen LogP contribution in [0.4, 0.5) is 5.69 Å². The van der Waals surface area contributed by atoms with Crippen LogP contribution in [0.5, 0.6) is 0 Å². The van der Waals surface area contributed by atoms with Crippen molar-refractivity contribution in [2.75, 3.05) is 12.3 Å². The zero-order chi connectivity index (χ0) is 10.1. The molecule has 4 heteroatoms. The van der Waals surface area contributed by atoms with E-state index in [1.54, 1.807) is 25.1 Å². The van der Waals surface area contributed by atoms with E-state index in [1.807, 2.05) is 0 Å². The van der Waals surface area contributed by atoms with Crippen LogP contribution in [-0.2, 0) is 5.54 Å². The number of aliphatic hydroxyl groups is 1. The SMILES string of the molecule is CC(N)(CO)c1cc(Cl)ccc1N. The molecule has 0 amide bonds. The van der Waals surface area contributed by atoms with Gasteiger partial charge in [0.15, 0.2) is 0 Å². The maximum atomic E-state index is 9.04. The van der Waals surface area contributed by atoms with E-state index in [4.69, 9.17) is 28.2 Å². The van der Waals surface area contributed by atoms with Gasteiger partial charge in [-0.05, 0) is 30.7 Å². The third kappa shape index (κ3) is 2.12. The number of aliphatic hydroxyl groups excluding tert-OH is 1. The van der Waals surface area contributed by atoms with Crippen molar-refractivity contribution < 1.29 is 5.11 Å². The van der Waals surface area contributed by atoms with Crippen molar-refractivity contribution in [1.82, 2.24) is 0 Å². The van der Waals surface area contributed by atoms with Gasteiger partial charge in [-0.25, -0.2) is 0 Å². The largest absolute Gasteiger partial charge is 0.398 e. The number of hydrogen-bond donors (Lipinski definition) is 3. The maximum absolute atomic E-state index is 9.04. The van der Waals surface area contributed by atoms with Crippen LogP contribution in [0.15, 0.2) is 18.2 Å². The Labute approximate surface area is 82.3 Å². The van der Waals surface area contributed by atoms with E-state index in [9.17, 15) is 0 Å². The van der Waals surface area contributed by atoms with Gasteiger partial charge in [-0.15, -0.1) is 0 Å². The Hall–Kier alpha value is -0.770. The van der Waals surface area contributed by atoms with Crippen LogP contribution in [-0.4, -0.2) is 11.7 Å². The van der Waals surface area contributed by atoms with Gasteiger partial charge in [0, 0.05) is 10.7 Å². The first kappa shape index (κ1) is 10.3. The topological polar surface area (TPSA) is 72.3 Å². The molecular formula is C9H13ClN2O. The fourth-order valence-electron chi connectivity index (χ4n) is 1.11. The number of nitrogens with two attached hydrogens (primary N) is 2. The highest BCUT2D eigenvalue weighted by Crippen LogP contribution is 2.26. The van der Waals surface area contributed by atoms with Gasteiger partial charge in [-0.3, -0.25) is 0 Å². The summed E-state index contributed by atoms with van der Waals surface area (Å²) in [5, 5.41) is 9.60. The van der Waals surface area contributed by atoms with Crippen molar-refractivity contribution in [2.24, 2.45) is 5.73 Å². The van der Waals surface area contributed by atoms with Gasteiger partial charge < -0.3 is 16.6 Å². The van der Waals surface area contributed by atoms with Crippen LogP contribution in [0.1, 0.15) is 12.5 Å². The molecule has 0 aliphatic carbocycles. The number of nitrogen functional groups attached to an aromatic ring is 1. The van der Waals surface area contributed by atoms with Crippen LogP contribution < -0.4 is 11.5 Å². The van der Waals surface area contributed by atoms with Crippen molar-refractivity contribution >= 4 is 17.3 Å². The third-order valence-corrected chi connectivity index (χ3v) is 2.19. The second kappa shape index (κ2) is 3.54. The minimum atomic E-state index is -0.838. The standard InChI is InChI=1S/C9H13ClN2O/c1-9(12,5-13)7-4-6(10)2-3-8(7)11/h2-4,13H,5,11-12H2,1H3. The number of anilines is 1. The van der Waals surface area contributed by atoms with E-state index in [0.717, 1.165) is 0 Å². The quantitative estimate of drug-likeness (QED) is 0.626. The normalized spacial score (nSPS) is 15.4. The molecule has 1 aromatic rings. The molecule has 5 N–H and O–H groups in total. The molecule has 0 fully saturated rings. The minimum Gasteiger partial charge on any atom is -0.398 e. The predicted octanol–water partition coefficient (Wildman–Crippen LogP) is 1.09. The number of benzene rings is 1. The minimum absolute atomic E-state index is 0.169. The molecule has 1 unspecified atom stereocenters. The molecule has 13 heavy (non-hydrogen) atoms. The third-order valence-electron chi connectivity index (χ3n) is 1.96. The molecule has 0 heterocycles. The summed E-state index contributed by atoms with van der Waals surface area (Å²) in [5.74, 6) is 0. The molecule has 0 radical (unpaired) electrons. The molecule has 0 saturated heterocycles. The van der Waals surface area contributed by atoms with E-state index >= 15 is 0 Å². The number of rotatable bonds is 2. The summed E-state index contributed by atoms with van der Waals surface area (Å²) in [5.41, 5.74) is 11.9. The Bertz CT molecular complexity index is 312. The van der Waals surface area contributed by atoms with E-state index < -0.39 is 5.54 Å². The first-order valence-corrected chi connectivity index (χ1v) is 4.30. The lowest BCUT2D eigenvalue weighted by Crippen LogP contribution is -2.37. The molecular weight excluding hydrogens is 188 g/mol. The fourth-order valence-corrected chi connectivity index (χ4v) is 1.28. The Balaban J connectivity index is 3.20. The molecule has 1 aromatic carbocycles. The first-order valence-electron chi connectivity index (χ1n) is 3.92. The lowest BCUT2D eigenvalue weighted by Gasteiger charge is -2.24. The van der Waals surface area contributed by atoms with E-state index in [2.05, 4.69) is 0 Å². The summed E-state index contributed by atoms with van der Waals surface area (Å²) in [6.45, 7) is 1.53. The molecule has 0 aliphatic heterocycles. The van der Waals surface area contributed by atoms with Crippen LogP contribution in [0.25, 0.3) is 0 Å². The summed E-state index contributed by atoms with van der Waals surface area (Å²) in [6, 6.07) is 5.04. The van der Waals surface area contributed by atoms with E-state index in [0.29, 0.717) is 16.3 Å². The number of halogens is 1. The van der Waals surface area contributed by atoms with Crippen LogP contribution >= 0.6 is 11.6 Å². The van der Waals surface area contributed by atoms with Crippen molar-refractivity contribution in [3.05, 3.63) is 28.8 Å². The van der Waals surface area contributed by atoms with Gasteiger partial charge in [0.25, 0.3) is 0 Å². The van der Waals surface area contributed by atoms with Crippen molar-refractivity contribution in [3.8, 4) is 0 Å². The monoisotopic (exact) mass is 200 g/mol. The van der Waals surface area contributed by atoms with Crippen LogP contribution in [0, 0.1) is 0 Å². The average molecular weight is 201 g/mol. The van der Waals surface area contributed by atoms with Crippen LogP contribution in [0.2, 0.25) is 5.02 Å². The van der Waals surface area contributed by atoms with Crippen molar-refractivity contribution in [3.63, 3.8) is 0 Å². The second-order valence-corrected chi connectivity index (χ2v) is 3.74. The Morgan fingerprint density at radius 3 is 2.69 bits per heavy atom. The van der Waals surface area contributed by atoms with Gasteiger partial charge in [0.1, 0.15) is 0 Å². The summed E-state index contributed by atoms with van der Waals surface area (Å²) >= 11 is 5.79. The van der Waals surface area contributed by atoms with E-state index in [-0.39, 0.29) is 6.61 Å². The van der Waals surface area contributed by atoms with Gasteiger partial charge in [-0.2, -0.15) is 0 Å². The van der Waals surface area contributed by atoms with Gasteiger partial charge in [0.05, 0.1) is 12.1 Å². The Kier molecular flexibility index (Phi) is 2.81. The van der Waals surface area contributed by atoms with Crippen molar-refractivity contribution in [1.29, 1.82) is 0 Å². The summed E-state index contributed by atoms with van der Waals surface area (Å²) < 4.78 is 0. The highest BCUT2D eigenvalue weighted by molar-refractivity contribution is 6.30. The van der Waals surface area contributed by atoms with Gasteiger partial charge >= 0.3 is 0 Å². The molecule has 0 saturated carbocycles. The van der Waals surface area contributed by atoms with Crippen LogP contribution in [0.3, 0.4) is 0 Å². The zero-order valence-corrected chi connectivity index (χ0v) is 8.17. The predicted molar refractivity (Wildman–Crippen MR) is 54.5 cm³/mol. The molecule has 1 atom stereocenters. The first-order chi connectivity index (χ1) is 5.97. The molecule has 0 bridgehead atoms.